The van der Waals surface area contributed by atoms with Gasteiger partial charge in [0.2, 0.25) is 11.9 Å². The summed E-state index contributed by atoms with van der Waals surface area (Å²) < 4.78 is 37.1. The molecule has 1 aliphatic rings. The molecule has 15 nitrogen and oxygen atoms in total. The second-order valence-electron chi connectivity index (χ2n) is 13.2. The molecule has 5 aromatic rings. The second kappa shape index (κ2) is 17.7. The minimum absolute atomic E-state index is 0.0614. The summed E-state index contributed by atoms with van der Waals surface area (Å²) in [5.74, 6) is 2.50. The average molecular weight is 765 g/mol. The van der Waals surface area contributed by atoms with E-state index in [2.05, 4.69) is 31.5 Å². The van der Waals surface area contributed by atoms with Crippen LogP contribution >= 0.6 is 0 Å². The first kappa shape index (κ1) is 39.8. The lowest BCUT2D eigenvalue weighted by atomic mass is 9.80. The molecule has 6 rings (SSSR count). The molecule has 292 valence electrons. The number of terminal acetylenes is 1. The van der Waals surface area contributed by atoms with Crippen LogP contribution in [-0.2, 0) is 34.1 Å². The summed E-state index contributed by atoms with van der Waals surface area (Å²) in [4.78, 5) is 38.7. The van der Waals surface area contributed by atoms with Gasteiger partial charge in [0.25, 0.3) is 5.91 Å². The van der Waals surface area contributed by atoms with Gasteiger partial charge >= 0.3 is 0 Å². The van der Waals surface area contributed by atoms with Gasteiger partial charge in [-0.15, -0.1) is 6.42 Å². The molecule has 3 aromatic carbocycles. The molecule has 3 heterocycles. The molecule has 0 spiro atoms. The Kier molecular flexibility index (Phi) is 12.6. The van der Waals surface area contributed by atoms with E-state index in [1.54, 1.807) is 28.1 Å². The van der Waals surface area contributed by atoms with E-state index in [9.17, 15) is 14.7 Å². The number of carbonyl (C=O) groups is 2. The number of nitrogens with one attached hydrogen (secondary N) is 2. The fourth-order valence-corrected chi connectivity index (χ4v) is 6.48. The number of benzene rings is 3. The van der Waals surface area contributed by atoms with Crippen molar-refractivity contribution in [3.63, 3.8) is 0 Å². The first-order chi connectivity index (χ1) is 27.1. The molecule has 1 saturated heterocycles. The lowest BCUT2D eigenvalue weighted by Crippen LogP contribution is -2.40. The van der Waals surface area contributed by atoms with Crippen molar-refractivity contribution >= 4 is 34.7 Å². The normalized spacial score (nSPS) is 18.1. The number of aromatic nitrogens is 4. The number of hydrogen-bond donors (Lipinski definition) is 3. The van der Waals surface area contributed by atoms with E-state index in [-0.39, 0.29) is 54.6 Å². The molecule has 0 aliphatic carbocycles. The van der Waals surface area contributed by atoms with Crippen molar-refractivity contribution in [3.8, 4) is 23.8 Å². The molecule has 0 bridgehead atoms. The third-order valence-corrected chi connectivity index (χ3v) is 9.30. The Balaban J connectivity index is 1.41. The van der Waals surface area contributed by atoms with E-state index in [1.165, 1.54) is 18.0 Å². The molecule has 3 N–H and O–H groups in total. The van der Waals surface area contributed by atoms with Crippen molar-refractivity contribution in [2.24, 2.45) is 5.92 Å². The van der Waals surface area contributed by atoms with E-state index in [0.717, 1.165) is 16.7 Å². The predicted octanol–water partition coefficient (Wildman–Crippen LogP) is 4.31. The highest BCUT2D eigenvalue weighted by Crippen LogP contribution is 2.43. The van der Waals surface area contributed by atoms with E-state index < -0.39 is 36.0 Å². The van der Waals surface area contributed by atoms with Gasteiger partial charge in [0.15, 0.2) is 23.2 Å². The SMILES string of the molecule is C#CCO[C@@H]1[C@H](O)[C@@H](COC(c2ccccc2)(c2ccc(OC)cc2)c2ccc(OC)cc2)O[C@H]1n1cnc2c(NC(=O)C(C)C)nc(NC(=O)COC)nc21. The molecule has 0 radical (unpaired) electrons. The van der Waals surface area contributed by atoms with E-state index in [0.29, 0.717) is 11.5 Å². The molecule has 2 amide bonds. The quantitative estimate of drug-likeness (QED) is 0.0961. The van der Waals surface area contributed by atoms with Crippen LogP contribution in [0.15, 0.2) is 85.2 Å². The van der Waals surface area contributed by atoms with Gasteiger partial charge in [-0.05, 0) is 41.0 Å². The number of carbonyl (C=O) groups excluding carboxylic acids is 2. The van der Waals surface area contributed by atoms with Gasteiger partial charge < -0.3 is 38.8 Å². The lowest BCUT2D eigenvalue weighted by Gasteiger charge is -2.37. The number of aliphatic hydroxyl groups is 1. The molecule has 15 heteroatoms. The van der Waals surface area contributed by atoms with Gasteiger partial charge in [-0.25, -0.2) is 4.98 Å². The number of aliphatic hydroxyl groups excluding tert-OH is 1. The maximum atomic E-state index is 12.8. The molecule has 1 aliphatic heterocycles. The van der Waals surface area contributed by atoms with Crippen LogP contribution in [0.2, 0.25) is 0 Å². The minimum Gasteiger partial charge on any atom is -0.497 e. The third-order valence-electron chi connectivity index (χ3n) is 9.30. The first-order valence-corrected chi connectivity index (χ1v) is 17.8. The van der Waals surface area contributed by atoms with Gasteiger partial charge in [0.1, 0.15) is 48.6 Å². The Labute approximate surface area is 324 Å². The number of imidazole rings is 1. The lowest BCUT2D eigenvalue weighted by molar-refractivity contribution is -0.120. The molecule has 4 atom stereocenters. The number of fused-ring (bicyclic) bond motifs is 1. The highest BCUT2D eigenvalue weighted by molar-refractivity contribution is 5.99. The summed E-state index contributed by atoms with van der Waals surface area (Å²) >= 11 is 0. The van der Waals surface area contributed by atoms with E-state index in [4.69, 9.17) is 34.8 Å². The van der Waals surface area contributed by atoms with Gasteiger partial charge in [-0.2, -0.15) is 9.97 Å². The van der Waals surface area contributed by atoms with Crippen molar-refractivity contribution in [1.82, 2.24) is 19.5 Å². The average Bonchev–Trinajstić information content (AvgIpc) is 3.78. The summed E-state index contributed by atoms with van der Waals surface area (Å²) in [7, 11) is 4.58. The van der Waals surface area contributed by atoms with Crippen LogP contribution in [0, 0.1) is 18.3 Å². The topological polar surface area (TPSA) is 177 Å². The van der Waals surface area contributed by atoms with Crippen LogP contribution in [0.3, 0.4) is 0 Å². The second-order valence-corrected chi connectivity index (χ2v) is 13.2. The number of anilines is 2. The fourth-order valence-electron chi connectivity index (χ4n) is 6.48. The minimum atomic E-state index is -1.26. The van der Waals surface area contributed by atoms with Crippen molar-refractivity contribution in [2.45, 2.75) is 44.0 Å². The van der Waals surface area contributed by atoms with Gasteiger partial charge in [-0.3, -0.25) is 19.5 Å². The monoisotopic (exact) mass is 764 g/mol. The number of methoxy groups -OCH3 is 3. The van der Waals surface area contributed by atoms with E-state index >= 15 is 0 Å². The zero-order chi connectivity index (χ0) is 39.8. The molecule has 0 unspecified atom stereocenters. The third kappa shape index (κ3) is 8.20. The van der Waals surface area contributed by atoms with Gasteiger partial charge in [-0.1, -0.05) is 74.4 Å². The molecular formula is C41H44N6O9. The molecule has 1 fully saturated rings. The predicted molar refractivity (Wildman–Crippen MR) is 206 cm³/mol. The summed E-state index contributed by atoms with van der Waals surface area (Å²) in [5.41, 5.74) is 1.57. The molecule has 56 heavy (non-hydrogen) atoms. The largest absolute Gasteiger partial charge is 0.497 e. The number of ether oxygens (including phenoxy) is 6. The first-order valence-electron chi connectivity index (χ1n) is 17.8. The highest BCUT2D eigenvalue weighted by Gasteiger charge is 2.48. The van der Waals surface area contributed by atoms with Crippen molar-refractivity contribution in [2.75, 3.05) is 51.8 Å². The highest BCUT2D eigenvalue weighted by atomic mass is 16.6. The maximum absolute atomic E-state index is 12.8. The van der Waals surface area contributed by atoms with E-state index in [1.807, 2.05) is 78.9 Å². The zero-order valence-corrected chi connectivity index (χ0v) is 31.7. The number of hydrogen-bond acceptors (Lipinski definition) is 12. The smallest absolute Gasteiger partial charge is 0.252 e. The van der Waals surface area contributed by atoms with Crippen molar-refractivity contribution in [1.29, 1.82) is 0 Å². The number of amides is 2. The van der Waals surface area contributed by atoms with Gasteiger partial charge in [0.05, 0.1) is 27.2 Å². The Morgan fingerprint density at radius 1 is 0.929 bits per heavy atom. The molecule has 2 aromatic heterocycles. The van der Waals surface area contributed by atoms with Crippen LogP contribution in [0.1, 0.15) is 36.8 Å². The Morgan fingerprint density at radius 2 is 1.55 bits per heavy atom. The zero-order valence-electron chi connectivity index (χ0n) is 31.7. The van der Waals surface area contributed by atoms with Crippen molar-refractivity contribution in [3.05, 3.63) is 102 Å². The Hall–Kier alpha value is -5.89. The van der Waals surface area contributed by atoms with Crippen molar-refractivity contribution < 1.29 is 43.1 Å². The molecular weight excluding hydrogens is 720 g/mol. The fraction of sp³-hybridized carbons (Fsp3) is 0.341. The van der Waals surface area contributed by atoms with Crippen LogP contribution in [0.5, 0.6) is 11.5 Å². The van der Waals surface area contributed by atoms with Gasteiger partial charge in [0, 0.05) is 13.0 Å². The Morgan fingerprint density at radius 3 is 2.12 bits per heavy atom. The Bertz CT molecular complexity index is 2110. The number of rotatable bonds is 16. The summed E-state index contributed by atoms with van der Waals surface area (Å²) in [6.07, 6.45) is 2.74. The maximum Gasteiger partial charge on any atom is 0.252 e. The standard InChI is InChI=1S/C41H44N6O9/c1-7-21-54-35-34(49)31(56-39(35)47-24-42-33-36(44-38(50)25(2)3)45-40(46-37(33)47)43-32(48)23-51-4)22-55-41(26-11-9-8-10-12-26,27-13-17-29(52-5)18-14-27)28-15-19-30(53-6)20-16-28/h1,8-20,24-25,31,34-35,39,49H,21-23H2,2-6H3,(H2,43,44,45,46,48,50)/t31-,34-,35-,39-/m1/s1. The van der Waals surface area contributed by atoms with Crippen LogP contribution in [0.4, 0.5) is 11.8 Å². The summed E-state index contributed by atoms with van der Waals surface area (Å²) in [6, 6.07) is 24.9. The van der Waals surface area contributed by atoms with Crippen LogP contribution in [-0.4, -0.2) is 95.9 Å². The summed E-state index contributed by atoms with van der Waals surface area (Å²) in [6.45, 7) is 2.93. The summed E-state index contributed by atoms with van der Waals surface area (Å²) in [5, 5.41) is 17.2. The van der Waals surface area contributed by atoms with Crippen LogP contribution in [0.25, 0.3) is 11.2 Å². The number of nitrogens with zero attached hydrogens (tertiary/aromatic N) is 4. The molecule has 0 saturated carbocycles. The van der Waals surface area contributed by atoms with Crippen LogP contribution < -0.4 is 20.1 Å².